The van der Waals surface area contributed by atoms with Crippen molar-refractivity contribution in [3.63, 3.8) is 0 Å². The standard InChI is InChI=1S/C11H5BrCl2FN3O/c12-6-3-1-2-5(8(6)15)11(19)18-10-7(13)9(14)16-4-17-10/h1-4H,(H,16,17,18,19). The maximum atomic E-state index is 13.7. The number of hydrogen-bond donors (Lipinski definition) is 1. The molecule has 4 nitrogen and oxygen atoms in total. The third-order valence-electron chi connectivity index (χ3n) is 2.18. The van der Waals surface area contributed by atoms with Gasteiger partial charge in [0.1, 0.15) is 17.2 Å². The summed E-state index contributed by atoms with van der Waals surface area (Å²) in [6.07, 6.45) is 1.14. The van der Waals surface area contributed by atoms with Crippen molar-refractivity contribution in [3.05, 3.63) is 50.6 Å². The molecule has 1 amide bonds. The number of rotatable bonds is 2. The van der Waals surface area contributed by atoms with Crippen molar-refractivity contribution < 1.29 is 9.18 Å². The molecule has 0 bridgehead atoms. The highest BCUT2D eigenvalue weighted by Gasteiger charge is 2.16. The molecule has 98 valence electrons. The van der Waals surface area contributed by atoms with Gasteiger partial charge in [-0.25, -0.2) is 14.4 Å². The number of amides is 1. The molecule has 19 heavy (non-hydrogen) atoms. The summed E-state index contributed by atoms with van der Waals surface area (Å²) in [6, 6.07) is 4.36. The van der Waals surface area contributed by atoms with Crippen molar-refractivity contribution in [2.45, 2.75) is 0 Å². The van der Waals surface area contributed by atoms with E-state index < -0.39 is 11.7 Å². The van der Waals surface area contributed by atoms with Gasteiger partial charge in [0.2, 0.25) is 0 Å². The summed E-state index contributed by atoms with van der Waals surface area (Å²) >= 11 is 14.5. The molecule has 1 N–H and O–H groups in total. The molecule has 0 atom stereocenters. The molecule has 8 heteroatoms. The molecule has 0 unspecified atom stereocenters. The summed E-state index contributed by atoms with van der Waals surface area (Å²) in [6.45, 7) is 0. The van der Waals surface area contributed by atoms with Crippen LogP contribution < -0.4 is 5.32 Å². The quantitative estimate of drug-likeness (QED) is 0.821. The van der Waals surface area contributed by atoms with Crippen molar-refractivity contribution in [2.75, 3.05) is 5.32 Å². The molecule has 2 aromatic rings. The van der Waals surface area contributed by atoms with Crippen molar-refractivity contribution in [1.29, 1.82) is 0 Å². The molecular formula is C11H5BrCl2FN3O. The van der Waals surface area contributed by atoms with Crippen molar-refractivity contribution in [2.24, 2.45) is 0 Å². The molecule has 0 aliphatic carbocycles. The van der Waals surface area contributed by atoms with Crippen LogP contribution in [-0.2, 0) is 0 Å². The van der Waals surface area contributed by atoms with Crippen LogP contribution in [0.2, 0.25) is 10.2 Å². The van der Waals surface area contributed by atoms with E-state index >= 15 is 0 Å². The van der Waals surface area contributed by atoms with E-state index in [9.17, 15) is 9.18 Å². The van der Waals surface area contributed by atoms with Crippen LogP contribution in [0, 0.1) is 5.82 Å². The molecule has 2 rings (SSSR count). The Hall–Kier alpha value is -1.24. The number of halogens is 4. The average molecular weight is 365 g/mol. The van der Waals surface area contributed by atoms with Crippen LogP contribution in [0.5, 0.6) is 0 Å². The van der Waals surface area contributed by atoms with Crippen LogP contribution >= 0.6 is 39.1 Å². The number of benzene rings is 1. The van der Waals surface area contributed by atoms with Gasteiger partial charge >= 0.3 is 0 Å². The molecule has 0 saturated heterocycles. The number of anilines is 1. The Morgan fingerprint density at radius 2 is 2.05 bits per heavy atom. The minimum atomic E-state index is -0.685. The number of carbonyl (C=O) groups excluding carboxylic acids is 1. The molecule has 1 heterocycles. The first-order valence-corrected chi connectivity index (χ1v) is 6.47. The van der Waals surface area contributed by atoms with Crippen molar-refractivity contribution >= 4 is 50.9 Å². The fourth-order valence-corrected chi connectivity index (χ4v) is 1.93. The first kappa shape index (κ1) is 14.2. The van der Waals surface area contributed by atoms with Crippen LogP contribution in [0.4, 0.5) is 10.2 Å². The van der Waals surface area contributed by atoms with Crippen molar-refractivity contribution in [1.82, 2.24) is 9.97 Å². The van der Waals surface area contributed by atoms with Gasteiger partial charge < -0.3 is 5.32 Å². The first-order chi connectivity index (χ1) is 9.00. The van der Waals surface area contributed by atoms with E-state index in [2.05, 4.69) is 31.2 Å². The fourth-order valence-electron chi connectivity index (χ4n) is 1.29. The summed E-state index contributed by atoms with van der Waals surface area (Å²) in [7, 11) is 0. The van der Waals surface area contributed by atoms with E-state index in [4.69, 9.17) is 23.2 Å². The van der Waals surface area contributed by atoms with Crippen LogP contribution in [0.25, 0.3) is 0 Å². The fraction of sp³-hybridized carbons (Fsp3) is 0. The first-order valence-electron chi connectivity index (χ1n) is 4.92. The monoisotopic (exact) mass is 363 g/mol. The predicted molar refractivity (Wildman–Crippen MR) is 74.1 cm³/mol. The van der Waals surface area contributed by atoms with Gasteiger partial charge in [-0.05, 0) is 28.1 Å². The Kier molecular flexibility index (Phi) is 4.34. The molecule has 0 radical (unpaired) electrons. The Labute approximate surface area is 126 Å². The summed E-state index contributed by atoms with van der Waals surface area (Å²) in [5, 5.41) is 2.36. The topological polar surface area (TPSA) is 54.9 Å². The van der Waals surface area contributed by atoms with Gasteiger partial charge in [-0.3, -0.25) is 4.79 Å². The molecule has 0 spiro atoms. The minimum Gasteiger partial charge on any atom is -0.305 e. The smallest absolute Gasteiger partial charge is 0.259 e. The Morgan fingerprint density at radius 1 is 1.32 bits per heavy atom. The normalized spacial score (nSPS) is 10.3. The summed E-state index contributed by atoms with van der Waals surface area (Å²) in [4.78, 5) is 19.3. The molecule has 0 aliphatic heterocycles. The van der Waals surface area contributed by atoms with E-state index in [1.807, 2.05) is 0 Å². The van der Waals surface area contributed by atoms with Crippen LogP contribution in [-0.4, -0.2) is 15.9 Å². The van der Waals surface area contributed by atoms with E-state index in [1.165, 1.54) is 18.2 Å². The highest BCUT2D eigenvalue weighted by Crippen LogP contribution is 2.26. The largest absolute Gasteiger partial charge is 0.305 e. The second-order valence-electron chi connectivity index (χ2n) is 3.38. The number of hydrogen-bond acceptors (Lipinski definition) is 3. The predicted octanol–water partition coefficient (Wildman–Crippen LogP) is 3.94. The van der Waals surface area contributed by atoms with Gasteiger partial charge in [-0.2, -0.15) is 0 Å². The van der Waals surface area contributed by atoms with Crippen LogP contribution in [0.1, 0.15) is 10.4 Å². The molecule has 1 aromatic heterocycles. The number of nitrogens with zero attached hydrogens (tertiary/aromatic N) is 2. The highest BCUT2D eigenvalue weighted by atomic mass is 79.9. The Morgan fingerprint density at radius 3 is 2.79 bits per heavy atom. The zero-order valence-corrected chi connectivity index (χ0v) is 12.2. The van der Waals surface area contributed by atoms with Gasteiger partial charge in [0.05, 0.1) is 10.0 Å². The molecule has 0 aliphatic rings. The zero-order valence-electron chi connectivity index (χ0n) is 9.12. The maximum Gasteiger partial charge on any atom is 0.259 e. The lowest BCUT2D eigenvalue weighted by atomic mass is 10.2. The third kappa shape index (κ3) is 3.02. The lowest BCUT2D eigenvalue weighted by Gasteiger charge is -2.07. The highest BCUT2D eigenvalue weighted by molar-refractivity contribution is 9.10. The second-order valence-corrected chi connectivity index (χ2v) is 4.97. The van der Waals surface area contributed by atoms with Crippen molar-refractivity contribution in [3.8, 4) is 0 Å². The second kappa shape index (κ2) is 5.81. The molecule has 0 saturated carbocycles. The zero-order chi connectivity index (χ0) is 14.0. The number of nitrogens with one attached hydrogen (secondary N) is 1. The minimum absolute atomic E-state index is 0.00156. The number of carbonyl (C=O) groups is 1. The van der Waals surface area contributed by atoms with Gasteiger partial charge in [0.15, 0.2) is 11.0 Å². The lowest BCUT2D eigenvalue weighted by Crippen LogP contribution is -2.15. The van der Waals surface area contributed by atoms with E-state index in [1.54, 1.807) is 0 Å². The van der Waals surface area contributed by atoms with E-state index in [-0.39, 0.29) is 26.0 Å². The average Bonchev–Trinajstić information content (AvgIpc) is 2.38. The van der Waals surface area contributed by atoms with Gasteiger partial charge in [0, 0.05) is 0 Å². The van der Waals surface area contributed by atoms with Crippen LogP contribution in [0.15, 0.2) is 29.0 Å². The third-order valence-corrected chi connectivity index (χ3v) is 3.53. The lowest BCUT2D eigenvalue weighted by molar-refractivity contribution is 0.102. The molecular weight excluding hydrogens is 360 g/mol. The van der Waals surface area contributed by atoms with Gasteiger partial charge in [0.25, 0.3) is 5.91 Å². The number of aromatic nitrogens is 2. The van der Waals surface area contributed by atoms with Crippen LogP contribution in [0.3, 0.4) is 0 Å². The van der Waals surface area contributed by atoms with E-state index in [0.29, 0.717) is 0 Å². The summed E-state index contributed by atoms with van der Waals surface area (Å²) in [5.41, 5.74) is -0.139. The Bertz CT molecular complexity index is 654. The summed E-state index contributed by atoms with van der Waals surface area (Å²) < 4.78 is 13.9. The Balaban J connectivity index is 2.31. The van der Waals surface area contributed by atoms with Gasteiger partial charge in [-0.1, -0.05) is 29.3 Å². The van der Waals surface area contributed by atoms with Gasteiger partial charge in [-0.15, -0.1) is 0 Å². The molecule has 0 fully saturated rings. The van der Waals surface area contributed by atoms with E-state index in [0.717, 1.165) is 6.33 Å². The summed E-state index contributed by atoms with van der Waals surface area (Å²) in [5.74, 6) is -1.34. The SMILES string of the molecule is O=C(Nc1ncnc(Cl)c1Cl)c1cccc(Br)c1F. The molecule has 1 aromatic carbocycles. The maximum absolute atomic E-state index is 13.7.